The highest BCUT2D eigenvalue weighted by Gasteiger charge is 2.71. The van der Waals surface area contributed by atoms with Crippen LogP contribution in [0.4, 0.5) is 36.8 Å². The van der Waals surface area contributed by atoms with E-state index in [4.69, 9.17) is 4.74 Å². The molecule has 2 rings (SSSR count). The number of rotatable bonds is 3. The van der Waals surface area contributed by atoms with Crippen LogP contribution < -0.4 is 4.90 Å². The maximum absolute atomic E-state index is 13.4. The van der Waals surface area contributed by atoms with Gasteiger partial charge in [0.1, 0.15) is 5.60 Å². The molecule has 0 spiro atoms. The van der Waals surface area contributed by atoms with Crippen molar-refractivity contribution in [3.63, 3.8) is 0 Å². The second-order valence-corrected chi connectivity index (χ2v) is 9.46. The molecule has 2 atom stereocenters. The average molecular weight is 496 g/mol. The van der Waals surface area contributed by atoms with Crippen LogP contribution in [-0.4, -0.2) is 59.2 Å². The number of aliphatic hydroxyl groups is 1. The lowest BCUT2D eigenvalue weighted by Crippen LogP contribution is -2.59. The molecule has 1 aromatic carbocycles. The minimum atomic E-state index is -5.97. The minimum Gasteiger partial charge on any atom is -0.444 e. The van der Waals surface area contributed by atoms with Gasteiger partial charge in [0.25, 0.3) is 5.60 Å². The van der Waals surface area contributed by atoms with Crippen molar-refractivity contribution in [2.45, 2.75) is 77.2 Å². The summed E-state index contributed by atoms with van der Waals surface area (Å²) in [6, 6.07) is 1.82. The zero-order valence-electron chi connectivity index (χ0n) is 19.9. The third-order valence-corrected chi connectivity index (χ3v) is 5.54. The van der Waals surface area contributed by atoms with Gasteiger partial charge in [-0.25, -0.2) is 4.79 Å². The van der Waals surface area contributed by atoms with Crippen molar-refractivity contribution in [1.29, 1.82) is 0 Å². The molecule has 0 saturated carbocycles. The van der Waals surface area contributed by atoms with E-state index in [1.54, 1.807) is 46.4 Å². The number of piperazine rings is 1. The van der Waals surface area contributed by atoms with Gasteiger partial charge in [-0.05, 0) is 59.2 Å². The summed E-state index contributed by atoms with van der Waals surface area (Å²) in [6.45, 7) is 10.9. The molecule has 1 N–H and O–H groups in total. The van der Waals surface area contributed by atoms with E-state index >= 15 is 0 Å². The van der Waals surface area contributed by atoms with Crippen molar-refractivity contribution in [2.24, 2.45) is 0 Å². The van der Waals surface area contributed by atoms with Crippen LogP contribution in [0, 0.1) is 0 Å². The van der Waals surface area contributed by atoms with Crippen LogP contribution in [0.2, 0.25) is 0 Å². The fourth-order valence-corrected chi connectivity index (χ4v) is 3.88. The fourth-order valence-electron chi connectivity index (χ4n) is 3.88. The summed E-state index contributed by atoms with van der Waals surface area (Å²) in [5.41, 5.74) is -6.56. The molecule has 1 aromatic rings. The second-order valence-electron chi connectivity index (χ2n) is 9.46. The summed E-state index contributed by atoms with van der Waals surface area (Å²) >= 11 is 0. The molecule has 11 heteroatoms. The molecule has 1 amide bonds. The van der Waals surface area contributed by atoms with Gasteiger partial charge in [0.05, 0.1) is 0 Å². The lowest BCUT2D eigenvalue weighted by Gasteiger charge is -2.46. The number of allylic oxidation sites excluding steroid dienone is 1. The Hall–Kier alpha value is -2.43. The highest BCUT2D eigenvalue weighted by molar-refractivity contribution is 5.72. The number of anilines is 1. The molecular weight excluding hydrogens is 466 g/mol. The normalized spacial score (nSPS) is 20.7. The molecule has 1 aliphatic heterocycles. The van der Waals surface area contributed by atoms with E-state index in [9.17, 15) is 36.2 Å². The number of carbonyl (C=O) groups is 1. The SMILES string of the molecule is C/C=C\c1cc(C(O)(C(F)(F)F)C(F)(F)F)ccc1N1C[C@@H](C)N(C(=O)OC(C)(C)C)C[C@@H]1C. The van der Waals surface area contributed by atoms with Crippen molar-refractivity contribution in [3.8, 4) is 0 Å². The lowest BCUT2D eigenvalue weighted by atomic mass is 9.89. The van der Waals surface area contributed by atoms with Crippen LogP contribution >= 0.6 is 0 Å². The van der Waals surface area contributed by atoms with E-state index in [0.29, 0.717) is 17.8 Å². The minimum absolute atomic E-state index is 0.0803. The van der Waals surface area contributed by atoms with Crippen molar-refractivity contribution >= 4 is 17.9 Å². The van der Waals surface area contributed by atoms with Gasteiger partial charge in [0.15, 0.2) is 0 Å². The molecule has 1 aliphatic rings. The topological polar surface area (TPSA) is 53.0 Å². The number of ether oxygens (including phenoxy) is 1. The molecule has 0 radical (unpaired) electrons. The van der Waals surface area contributed by atoms with Crippen molar-refractivity contribution < 1.29 is 41.0 Å². The van der Waals surface area contributed by atoms with Crippen LogP contribution in [0.1, 0.15) is 52.7 Å². The van der Waals surface area contributed by atoms with Gasteiger partial charge in [-0.1, -0.05) is 18.2 Å². The van der Waals surface area contributed by atoms with E-state index in [1.165, 1.54) is 12.2 Å². The van der Waals surface area contributed by atoms with E-state index in [1.807, 2.05) is 4.90 Å². The molecule has 0 aliphatic carbocycles. The Balaban J connectivity index is 2.47. The molecule has 1 fully saturated rings. The first-order valence-electron chi connectivity index (χ1n) is 10.7. The third kappa shape index (κ3) is 5.45. The average Bonchev–Trinajstić information content (AvgIpc) is 2.66. The van der Waals surface area contributed by atoms with E-state index in [0.717, 1.165) is 6.07 Å². The largest absolute Gasteiger partial charge is 0.444 e. The molecule has 1 saturated heterocycles. The Kier molecular flexibility index (Phi) is 7.62. The first-order chi connectivity index (χ1) is 15.3. The Morgan fingerprint density at radius 2 is 1.59 bits per heavy atom. The zero-order valence-corrected chi connectivity index (χ0v) is 19.9. The van der Waals surface area contributed by atoms with Gasteiger partial charge in [-0.15, -0.1) is 0 Å². The Morgan fingerprint density at radius 3 is 2.06 bits per heavy atom. The molecule has 0 bridgehead atoms. The van der Waals surface area contributed by atoms with Crippen LogP contribution in [0.15, 0.2) is 24.3 Å². The van der Waals surface area contributed by atoms with Gasteiger partial charge >= 0.3 is 18.4 Å². The van der Waals surface area contributed by atoms with Gasteiger partial charge < -0.3 is 19.6 Å². The van der Waals surface area contributed by atoms with Crippen molar-refractivity contribution in [3.05, 3.63) is 35.4 Å². The Bertz CT molecular complexity index is 907. The van der Waals surface area contributed by atoms with Gasteiger partial charge in [-0.3, -0.25) is 0 Å². The van der Waals surface area contributed by atoms with E-state index in [-0.39, 0.29) is 30.7 Å². The van der Waals surface area contributed by atoms with E-state index < -0.39 is 35.2 Å². The van der Waals surface area contributed by atoms with Gasteiger partial charge in [0, 0.05) is 36.4 Å². The first kappa shape index (κ1) is 27.8. The molecular formula is C23H30F6N2O3. The van der Waals surface area contributed by atoms with Gasteiger partial charge in [-0.2, -0.15) is 26.3 Å². The Labute approximate surface area is 195 Å². The third-order valence-electron chi connectivity index (χ3n) is 5.54. The van der Waals surface area contributed by atoms with Crippen LogP contribution in [0.25, 0.3) is 6.08 Å². The smallest absolute Gasteiger partial charge is 0.430 e. The number of hydrogen-bond donors (Lipinski definition) is 1. The fraction of sp³-hybridized carbons (Fsp3) is 0.609. The van der Waals surface area contributed by atoms with Gasteiger partial charge in [0.2, 0.25) is 0 Å². The summed E-state index contributed by atoms with van der Waals surface area (Å²) in [5.74, 6) is 0. The number of carbonyl (C=O) groups excluding carboxylic acids is 1. The summed E-state index contributed by atoms with van der Waals surface area (Å²) in [7, 11) is 0. The summed E-state index contributed by atoms with van der Waals surface area (Å²) in [5, 5.41) is 9.79. The standard InChI is InChI=1S/C23H30F6N2O3/c1-7-8-16-11-17(21(33,22(24,25)26)23(27,28)29)9-10-18(16)30-12-15(3)31(13-14(30)2)19(32)34-20(4,5)6/h7-11,14-15,33H,12-13H2,1-6H3/b8-7-/t14-,15+/m0/s1. The van der Waals surface area contributed by atoms with Crippen LogP contribution in [0.5, 0.6) is 0 Å². The first-order valence-corrected chi connectivity index (χ1v) is 10.7. The number of amides is 1. The summed E-state index contributed by atoms with van der Waals surface area (Å²) in [6.07, 6.45) is -9.59. The van der Waals surface area contributed by atoms with E-state index in [2.05, 4.69) is 0 Å². The number of benzene rings is 1. The monoisotopic (exact) mass is 496 g/mol. The quantitative estimate of drug-likeness (QED) is 0.532. The number of nitrogens with zero attached hydrogens (tertiary/aromatic N) is 2. The van der Waals surface area contributed by atoms with Crippen molar-refractivity contribution in [2.75, 3.05) is 18.0 Å². The highest BCUT2D eigenvalue weighted by atomic mass is 19.4. The molecule has 192 valence electrons. The summed E-state index contributed by atoms with van der Waals surface area (Å²) < 4.78 is 85.6. The predicted molar refractivity (Wildman–Crippen MR) is 116 cm³/mol. The molecule has 5 nitrogen and oxygen atoms in total. The number of hydrogen-bond acceptors (Lipinski definition) is 4. The number of halogens is 6. The van der Waals surface area contributed by atoms with Crippen LogP contribution in [0.3, 0.4) is 0 Å². The maximum Gasteiger partial charge on any atom is 0.430 e. The highest BCUT2D eigenvalue weighted by Crippen LogP contribution is 2.50. The van der Waals surface area contributed by atoms with Crippen LogP contribution in [-0.2, 0) is 10.3 Å². The molecule has 1 heterocycles. The maximum atomic E-state index is 13.4. The molecule has 34 heavy (non-hydrogen) atoms. The number of alkyl halides is 6. The summed E-state index contributed by atoms with van der Waals surface area (Å²) in [4.78, 5) is 15.9. The molecule has 0 aromatic heterocycles. The molecule has 0 unspecified atom stereocenters. The lowest BCUT2D eigenvalue weighted by molar-refractivity contribution is -0.376. The second kappa shape index (κ2) is 9.31. The Morgan fingerprint density at radius 1 is 1.03 bits per heavy atom. The predicted octanol–water partition coefficient (Wildman–Crippen LogP) is 5.87. The zero-order chi connectivity index (χ0) is 26.3. The van der Waals surface area contributed by atoms with Crippen molar-refractivity contribution in [1.82, 2.24) is 4.90 Å².